The molecule has 0 fully saturated rings. The van der Waals surface area contributed by atoms with Gasteiger partial charge in [0.25, 0.3) is 0 Å². The van der Waals surface area contributed by atoms with Gasteiger partial charge >= 0.3 is 0 Å². The van der Waals surface area contributed by atoms with Crippen LogP contribution in [0.5, 0.6) is 0 Å². The molecule has 0 aliphatic rings. The van der Waals surface area contributed by atoms with E-state index in [2.05, 4.69) is 36.2 Å². The minimum absolute atomic E-state index is 0.104. The lowest BCUT2D eigenvalue weighted by Gasteiger charge is -2.44. The second-order valence-electron chi connectivity index (χ2n) is 14.4. The Hall–Kier alpha value is -7.27. The Labute approximate surface area is 367 Å². The summed E-state index contributed by atoms with van der Waals surface area (Å²) in [5.74, 6) is -71.3. The number of nitrogens with zero attached hydrogens (tertiary/aromatic N) is 2. The molecule has 6 aromatic carbocycles. The van der Waals surface area contributed by atoms with Crippen LogP contribution >= 0.6 is 0 Å². The van der Waals surface area contributed by atoms with Gasteiger partial charge in [-0.2, -0.15) is 4.57 Å². The predicted octanol–water partition coefficient (Wildman–Crippen LogP) is 9.00. The van der Waals surface area contributed by atoms with Crippen molar-refractivity contribution in [2.45, 2.75) is 19.9 Å². The highest BCUT2D eigenvalue weighted by atomic mass is 19.2. The number of rotatable bonds is 9. The Kier molecular flexibility index (Phi) is 14.1. The van der Waals surface area contributed by atoms with Gasteiger partial charge in [-0.25, -0.2) is 87.8 Å². The second-order valence-corrected chi connectivity index (χ2v) is 14.4. The molecule has 0 spiro atoms. The van der Waals surface area contributed by atoms with Crippen LogP contribution in [0.25, 0.3) is 0 Å². The van der Waals surface area contributed by atoms with Crippen molar-refractivity contribution in [2.75, 3.05) is 0 Å². The van der Waals surface area contributed by atoms with E-state index in [-0.39, 0.29) is 5.78 Å². The molecule has 0 unspecified atom stereocenters. The number of hydrogen-bond donors (Lipinski definition) is 0. The van der Waals surface area contributed by atoms with E-state index in [1.54, 1.807) is 6.20 Å². The van der Waals surface area contributed by atoms with Crippen molar-refractivity contribution < 1.29 is 97.2 Å². The van der Waals surface area contributed by atoms with Crippen molar-refractivity contribution in [1.29, 1.82) is 0 Å². The van der Waals surface area contributed by atoms with Gasteiger partial charge in [0.15, 0.2) is 76.0 Å². The first-order valence-electron chi connectivity index (χ1n) is 18.6. The van der Waals surface area contributed by atoms with Gasteiger partial charge in [0.2, 0.25) is 18.0 Å². The van der Waals surface area contributed by atoms with Crippen LogP contribution in [0.2, 0.25) is 0 Å². The third-order valence-electron chi connectivity index (χ3n) is 10.5. The van der Waals surface area contributed by atoms with E-state index in [9.17, 15) is 57.5 Å². The third-order valence-corrected chi connectivity index (χ3v) is 10.5. The van der Waals surface area contributed by atoms with E-state index in [0.29, 0.717) is 6.54 Å². The molecule has 0 atom stereocenters. The van der Waals surface area contributed by atoms with Crippen molar-refractivity contribution in [3.63, 3.8) is 0 Å². The van der Waals surface area contributed by atoms with Crippen LogP contribution in [0, 0.1) is 123 Å². The summed E-state index contributed by atoms with van der Waals surface area (Å²) in [5, 5.41) is 0. The zero-order valence-corrected chi connectivity index (χ0v) is 33.3. The molecule has 24 heteroatoms. The number of ketones is 1. The predicted molar refractivity (Wildman–Crippen MR) is 198 cm³/mol. The first kappa shape index (κ1) is 50.2. The highest BCUT2D eigenvalue weighted by molar-refractivity contribution is 7.20. The van der Waals surface area contributed by atoms with Gasteiger partial charge in [-0.3, -0.25) is 9.78 Å². The lowest BCUT2D eigenvalue weighted by atomic mass is 9.12. The van der Waals surface area contributed by atoms with Gasteiger partial charge in [-0.05, 0) is 12.5 Å². The fourth-order valence-corrected chi connectivity index (χ4v) is 7.38. The van der Waals surface area contributed by atoms with Crippen molar-refractivity contribution in [2.24, 2.45) is 0 Å². The van der Waals surface area contributed by atoms with Gasteiger partial charge in [0.05, 0.1) is 18.8 Å². The van der Waals surface area contributed by atoms with Gasteiger partial charge in [-0.1, -0.05) is 60.2 Å². The van der Waals surface area contributed by atoms with Crippen LogP contribution in [0.15, 0.2) is 73.2 Å². The number of halogens is 20. The van der Waals surface area contributed by atoms with Crippen molar-refractivity contribution in [3.05, 3.63) is 212 Å². The number of Topliss-reactive ketones (excluding diaryl/α,β-unsaturated/α-hetero) is 1. The number of hydrogen-bond acceptors (Lipinski definition) is 2. The highest BCUT2D eigenvalue weighted by Gasteiger charge is 2.52. The molecule has 0 N–H and O–H groups in total. The maximum Gasteiger partial charge on any atom is 0.227 e. The van der Waals surface area contributed by atoms with Crippen LogP contribution in [0.1, 0.15) is 27.2 Å². The molecule has 7 aromatic rings. The fourth-order valence-electron chi connectivity index (χ4n) is 7.38. The van der Waals surface area contributed by atoms with Crippen LogP contribution in [0.4, 0.5) is 87.8 Å². The van der Waals surface area contributed by atoms with E-state index < -0.39 is 144 Å². The molecular weight excluding hydrogens is 963 g/mol. The summed E-state index contributed by atoms with van der Waals surface area (Å²) < 4.78 is 296. The number of benzene rings is 6. The summed E-state index contributed by atoms with van der Waals surface area (Å²) in [6, 6.07) is 17.8. The van der Waals surface area contributed by atoms with Crippen molar-refractivity contribution >= 4 is 33.8 Å². The topological polar surface area (TPSA) is 33.8 Å². The molecule has 0 saturated heterocycles. The van der Waals surface area contributed by atoms with Crippen molar-refractivity contribution in [3.8, 4) is 0 Å². The molecule has 0 aliphatic heterocycles. The smallest absolute Gasteiger partial charge is 0.227 e. The number of carbonyl (C=O) groups is 1. The molecule has 7 rings (SSSR count). The Morgan fingerprint density at radius 1 is 0.441 bits per heavy atom. The largest absolute Gasteiger partial charge is 0.287 e. The molecule has 0 amide bonds. The number of aromatic nitrogens is 2. The van der Waals surface area contributed by atoms with Crippen LogP contribution < -0.4 is 26.4 Å². The van der Waals surface area contributed by atoms with Crippen LogP contribution in [0.3, 0.4) is 0 Å². The summed E-state index contributed by atoms with van der Waals surface area (Å²) >= 11 is 0. The maximum atomic E-state index is 15.4. The lowest BCUT2D eigenvalue weighted by molar-refractivity contribution is -0.690. The first-order valence-corrected chi connectivity index (χ1v) is 18.6. The molecule has 0 saturated carbocycles. The zero-order valence-electron chi connectivity index (χ0n) is 33.3. The van der Waals surface area contributed by atoms with E-state index in [0.717, 1.165) is 17.7 Å². The van der Waals surface area contributed by atoms with E-state index in [1.807, 2.05) is 47.3 Å². The Morgan fingerprint density at radius 3 is 1.07 bits per heavy atom. The quantitative estimate of drug-likeness (QED) is 0.0362. The summed E-state index contributed by atoms with van der Waals surface area (Å²) in [6.07, 6.45) is -1.04. The average Bonchev–Trinajstić information content (AvgIpc) is 3.33. The van der Waals surface area contributed by atoms with Gasteiger partial charge in [-0.15, -0.1) is 21.9 Å². The monoisotopic (exact) mass is 982 g/mol. The Balaban J connectivity index is 0.000000276. The Bertz CT molecular complexity index is 2770. The number of carbonyl (C=O) groups excluding carboxylic acids is 1. The van der Waals surface area contributed by atoms with Gasteiger partial charge < -0.3 is 0 Å². The molecule has 1 aromatic heterocycles. The second kappa shape index (κ2) is 19.2. The lowest BCUT2D eigenvalue weighted by Crippen LogP contribution is -2.81. The fraction of sp³-hybridized carbons (Fsp3) is 0.0682. The van der Waals surface area contributed by atoms with Crippen LogP contribution in [-0.4, -0.2) is 16.9 Å². The molecule has 0 aliphatic carbocycles. The van der Waals surface area contributed by atoms with Gasteiger partial charge in [0, 0.05) is 5.56 Å². The Morgan fingerprint density at radius 2 is 0.750 bits per heavy atom. The van der Waals surface area contributed by atoms with E-state index in [4.69, 9.17) is 0 Å². The summed E-state index contributed by atoms with van der Waals surface area (Å²) in [7, 11) is 0. The molecule has 0 bridgehead atoms. The molecule has 354 valence electrons. The molecule has 1 heterocycles. The molecule has 0 radical (unpaired) electrons. The molecular formula is C44H19BF20N2O. The zero-order chi connectivity index (χ0) is 50.4. The minimum atomic E-state index is -7.22. The minimum Gasteiger partial charge on any atom is -0.287 e. The SMILES string of the molecule is Cc1ccc(Cc2cncc[n+]2CC(=O)c2ccccc2)cc1.Fc1c(F)c(F)c([B-](c2c(F)c(F)c(F)c(F)c2F)(c2c(F)c(F)c(F)c(F)c2F)c2c(F)c(F)c(F)c(F)c2F)c(F)c1F. The van der Waals surface area contributed by atoms with E-state index >= 15 is 35.1 Å². The highest BCUT2D eigenvalue weighted by Crippen LogP contribution is 2.31. The summed E-state index contributed by atoms with van der Waals surface area (Å²) in [6.45, 7) is 2.40. The maximum absolute atomic E-state index is 15.4. The standard InChI is InChI=1S/C24BF20.C20H19N2O/c26-5-1(6(27)14(35)21(42)13(5)34)25(2-7(28)15(36)22(43)16(37)8(2)29,3-9(30)17(38)23(44)18(39)10(3)31)4-11(32)19(40)24(45)20(41)12(4)33;1-16-7-9-17(10-8-16)13-19-14-21-11-12-22(19)15-20(23)18-5-3-2-4-6-18/h;2-12,14H,13,15H2,1H3/q-1;+1. The van der Waals surface area contributed by atoms with Gasteiger partial charge in [0.1, 0.15) is 52.7 Å². The summed E-state index contributed by atoms with van der Waals surface area (Å²) in [5.41, 5.74) is -10.1. The molecule has 3 nitrogen and oxygen atoms in total. The third kappa shape index (κ3) is 8.28. The van der Waals surface area contributed by atoms with E-state index in [1.165, 1.54) is 11.1 Å². The summed E-state index contributed by atoms with van der Waals surface area (Å²) in [4.78, 5) is 16.6. The normalized spacial score (nSPS) is 11.5. The van der Waals surface area contributed by atoms with Crippen LogP contribution in [-0.2, 0) is 13.0 Å². The van der Waals surface area contributed by atoms with Crippen molar-refractivity contribution in [1.82, 2.24) is 4.98 Å². The number of aryl methyl sites for hydroxylation is 1. The molecule has 68 heavy (non-hydrogen) atoms. The first-order chi connectivity index (χ1) is 31.9. The average molecular weight is 982 g/mol.